The lowest BCUT2D eigenvalue weighted by atomic mass is 9.97. The van der Waals surface area contributed by atoms with Gasteiger partial charge in [0.2, 0.25) is 0 Å². The van der Waals surface area contributed by atoms with Crippen molar-refractivity contribution in [2.45, 2.75) is 13.0 Å². The van der Waals surface area contributed by atoms with E-state index in [2.05, 4.69) is 43.8 Å². The molecule has 1 atom stereocenters. The lowest BCUT2D eigenvalue weighted by Crippen LogP contribution is -2.25. The molecule has 0 aliphatic heterocycles. The lowest BCUT2D eigenvalue weighted by Gasteiger charge is -2.22. The zero-order valence-electron chi connectivity index (χ0n) is 11.1. The van der Waals surface area contributed by atoms with Crippen molar-refractivity contribution in [3.63, 3.8) is 0 Å². The summed E-state index contributed by atoms with van der Waals surface area (Å²) in [4.78, 5) is 0. The average molecular weight is 487 g/mol. The predicted octanol–water partition coefficient (Wildman–Crippen LogP) is 5.68. The molecule has 1 unspecified atom stereocenters. The van der Waals surface area contributed by atoms with Crippen LogP contribution in [0.3, 0.4) is 0 Å². The summed E-state index contributed by atoms with van der Waals surface area (Å²) in [6.45, 7) is 2.46. The third-order valence-corrected chi connectivity index (χ3v) is 4.88. The Hall–Kier alpha value is -0.240. The van der Waals surface area contributed by atoms with Gasteiger partial charge in [0.15, 0.2) is 0 Å². The molecule has 1 N–H and O–H groups in total. The first-order chi connectivity index (χ1) is 9.95. The zero-order chi connectivity index (χ0) is 15.6. The van der Waals surface area contributed by atoms with Gasteiger partial charge < -0.3 is 5.32 Å². The van der Waals surface area contributed by atoms with E-state index in [4.69, 9.17) is 11.6 Å². The van der Waals surface area contributed by atoms with Crippen LogP contribution in [0.5, 0.6) is 0 Å². The van der Waals surface area contributed by atoms with Gasteiger partial charge in [-0.2, -0.15) is 0 Å². The van der Waals surface area contributed by atoms with Crippen LogP contribution in [0.15, 0.2) is 34.8 Å². The number of benzene rings is 2. The van der Waals surface area contributed by atoms with Crippen molar-refractivity contribution >= 4 is 50.1 Å². The average Bonchev–Trinajstić information content (AvgIpc) is 2.45. The quantitative estimate of drug-likeness (QED) is 0.433. The van der Waals surface area contributed by atoms with Gasteiger partial charge >= 0.3 is 0 Å². The molecule has 1 nitrogen and oxygen atoms in total. The van der Waals surface area contributed by atoms with E-state index in [9.17, 15) is 8.78 Å². The molecule has 2 aromatic carbocycles. The van der Waals surface area contributed by atoms with Crippen LogP contribution in [0.2, 0.25) is 5.02 Å². The molecule has 0 saturated heterocycles. The van der Waals surface area contributed by atoms with Gasteiger partial charge in [0.05, 0.1) is 10.5 Å². The Kier molecular flexibility index (Phi) is 5.99. The highest BCUT2D eigenvalue weighted by atomic mass is 127. The maximum Gasteiger partial charge on any atom is 0.145 e. The van der Waals surface area contributed by atoms with E-state index in [1.165, 1.54) is 12.1 Å². The van der Waals surface area contributed by atoms with Crippen molar-refractivity contribution in [1.29, 1.82) is 0 Å². The fourth-order valence-electron chi connectivity index (χ4n) is 2.11. The Labute approximate surface area is 149 Å². The van der Waals surface area contributed by atoms with Crippen LogP contribution in [0, 0.1) is 15.2 Å². The standard InChI is InChI=1S/C15H12BrClF2IN/c1-2-21-15(9-7-8(17)3-6-12(9)20)13-11(18)5-4-10(16)14(13)19/h3-7,15,21H,2H2,1H3. The summed E-state index contributed by atoms with van der Waals surface area (Å²) in [5.41, 5.74) is 0.743. The molecule has 6 heteroatoms. The minimum Gasteiger partial charge on any atom is -0.306 e. The maximum absolute atomic E-state index is 14.4. The van der Waals surface area contributed by atoms with Gasteiger partial charge in [-0.3, -0.25) is 0 Å². The maximum atomic E-state index is 14.4. The first-order valence-corrected chi connectivity index (χ1v) is 8.52. The van der Waals surface area contributed by atoms with Crippen molar-refractivity contribution in [3.8, 4) is 0 Å². The molecule has 0 fully saturated rings. The molecule has 0 spiro atoms. The smallest absolute Gasteiger partial charge is 0.145 e. The number of halogens is 5. The van der Waals surface area contributed by atoms with E-state index in [-0.39, 0.29) is 10.0 Å². The summed E-state index contributed by atoms with van der Waals surface area (Å²) in [7, 11) is 0. The molecule has 0 bridgehead atoms. The zero-order valence-corrected chi connectivity index (χ0v) is 15.6. The second-order valence-corrected chi connectivity index (χ2v) is 6.87. The summed E-state index contributed by atoms with van der Waals surface area (Å²) in [6.07, 6.45) is 0. The SMILES string of the molecule is CCNC(c1cc(Cl)ccc1I)c1c(F)ccc(Br)c1F. The van der Waals surface area contributed by atoms with Crippen molar-refractivity contribution < 1.29 is 8.78 Å². The monoisotopic (exact) mass is 485 g/mol. The number of nitrogens with one attached hydrogen (secondary N) is 1. The molecule has 2 rings (SSSR count). The van der Waals surface area contributed by atoms with E-state index in [1.54, 1.807) is 12.1 Å². The lowest BCUT2D eigenvalue weighted by molar-refractivity contribution is 0.506. The highest BCUT2D eigenvalue weighted by Gasteiger charge is 2.24. The fraction of sp³-hybridized carbons (Fsp3) is 0.200. The van der Waals surface area contributed by atoms with Crippen LogP contribution >= 0.6 is 50.1 Å². The second kappa shape index (κ2) is 7.35. The molecule has 0 aliphatic carbocycles. The Balaban J connectivity index is 2.64. The van der Waals surface area contributed by atoms with Crippen molar-refractivity contribution in [2.75, 3.05) is 6.54 Å². The number of rotatable bonds is 4. The van der Waals surface area contributed by atoms with E-state index < -0.39 is 17.7 Å². The summed E-state index contributed by atoms with van der Waals surface area (Å²) in [6, 6.07) is 7.33. The minimum atomic E-state index is -0.600. The van der Waals surface area contributed by atoms with Crippen LogP contribution in [0.25, 0.3) is 0 Å². The van der Waals surface area contributed by atoms with Gasteiger partial charge in [0.1, 0.15) is 11.6 Å². The van der Waals surface area contributed by atoms with E-state index in [0.29, 0.717) is 11.6 Å². The molecule has 2 aromatic rings. The topological polar surface area (TPSA) is 12.0 Å². The Morgan fingerprint density at radius 3 is 2.67 bits per heavy atom. The van der Waals surface area contributed by atoms with Gasteiger partial charge in [-0.15, -0.1) is 0 Å². The third-order valence-electron chi connectivity index (χ3n) is 3.05. The normalized spacial score (nSPS) is 12.5. The highest BCUT2D eigenvalue weighted by Crippen LogP contribution is 2.34. The van der Waals surface area contributed by atoms with E-state index in [0.717, 1.165) is 9.13 Å². The van der Waals surface area contributed by atoms with Gasteiger partial charge in [-0.05, 0) is 81.0 Å². The van der Waals surface area contributed by atoms with Gasteiger partial charge in [-0.1, -0.05) is 18.5 Å². The largest absolute Gasteiger partial charge is 0.306 e. The number of hydrogen-bond donors (Lipinski definition) is 1. The Bertz CT molecular complexity index is 666. The first-order valence-electron chi connectivity index (χ1n) is 6.27. The van der Waals surface area contributed by atoms with Gasteiger partial charge in [0.25, 0.3) is 0 Å². The van der Waals surface area contributed by atoms with Crippen LogP contribution < -0.4 is 5.32 Å². The van der Waals surface area contributed by atoms with Crippen LogP contribution in [-0.2, 0) is 0 Å². The molecular formula is C15H12BrClF2IN. The predicted molar refractivity (Wildman–Crippen MR) is 93.7 cm³/mol. The third kappa shape index (κ3) is 3.75. The number of hydrogen-bond acceptors (Lipinski definition) is 1. The molecule has 0 heterocycles. The molecule has 0 saturated carbocycles. The summed E-state index contributed by atoms with van der Waals surface area (Å²) in [5, 5.41) is 3.66. The van der Waals surface area contributed by atoms with Crippen LogP contribution in [0.1, 0.15) is 24.1 Å². The molecule has 0 aromatic heterocycles. The van der Waals surface area contributed by atoms with Gasteiger partial charge in [0, 0.05) is 14.2 Å². The molecule has 21 heavy (non-hydrogen) atoms. The van der Waals surface area contributed by atoms with Crippen LogP contribution in [-0.4, -0.2) is 6.54 Å². The summed E-state index contributed by atoms with van der Waals surface area (Å²) < 4.78 is 29.7. The Morgan fingerprint density at radius 1 is 1.29 bits per heavy atom. The molecule has 0 aliphatic rings. The second-order valence-electron chi connectivity index (χ2n) is 4.41. The van der Waals surface area contributed by atoms with Gasteiger partial charge in [-0.25, -0.2) is 8.78 Å². The first kappa shape index (κ1) is 17.1. The van der Waals surface area contributed by atoms with Crippen molar-refractivity contribution in [1.82, 2.24) is 5.32 Å². The van der Waals surface area contributed by atoms with Crippen molar-refractivity contribution in [3.05, 3.63) is 66.2 Å². The van der Waals surface area contributed by atoms with Crippen molar-refractivity contribution in [2.24, 2.45) is 0 Å². The van der Waals surface area contributed by atoms with Crippen LogP contribution in [0.4, 0.5) is 8.78 Å². The molecule has 0 radical (unpaired) electrons. The summed E-state index contributed by atoms with van der Waals surface area (Å²) in [5.74, 6) is -1.19. The minimum absolute atomic E-state index is 0.00796. The summed E-state index contributed by atoms with van der Waals surface area (Å²) >= 11 is 11.3. The Morgan fingerprint density at radius 2 is 2.00 bits per heavy atom. The van der Waals surface area contributed by atoms with E-state index >= 15 is 0 Å². The highest BCUT2D eigenvalue weighted by molar-refractivity contribution is 14.1. The van der Waals surface area contributed by atoms with E-state index in [1.807, 2.05) is 13.0 Å². The fourth-order valence-corrected chi connectivity index (χ4v) is 3.29. The molecular weight excluding hydrogens is 474 g/mol. The molecule has 112 valence electrons. The molecule has 0 amide bonds.